The summed E-state index contributed by atoms with van der Waals surface area (Å²) in [5.41, 5.74) is 5.83. The summed E-state index contributed by atoms with van der Waals surface area (Å²) in [6, 6.07) is 36.9. The number of benzene rings is 4. The van der Waals surface area contributed by atoms with Gasteiger partial charge in [-0.2, -0.15) is 0 Å². The lowest BCUT2D eigenvalue weighted by molar-refractivity contribution is -0.113. The van der Waals surface area contributed by atoms with Gasteiger partial charge in [0.05, 0.1) is 29.8 Å². The number of nitrogens with zero attached hydrogens (tertiary/aromatic N) is 2. The highest BCUT2D eigenvalue weighted by molar-refractivity contribution is 7.99. The minimum atomic E-state index is -0.422. The van der Waals surface area contributed by atoms with E-state index in [1.54, 1.807) is 24.3 Å². The van der Waals surface area contributed by atoms with Crippen LogP contribution in [0.1, 0.15) is 10.4 Å². The number of methoxy groups -OCH3 is 1. The fourth-order valence-electron chi connectivity index (χ4n) is 4.11. The van der Waals surface area contributed by atoms with Crippen LogP contribution >= 0.6 is 11.8 Å². The van der Waals surface area contributed by atoms with E-state index in [1.807, 2.05) is 78.9 Å². The van der Waals surface area contributed by atoms with E-state index in [9.17, 15) is 9.59 Å². The normalized spacial score (nSPS) is 10.7. The molecule has 0 saturated carbocycles. The van der Waals surface area contributed by atoms with Gasteiger partial charge in [0.15, 0.2) is 5.16 Å². The minimum absolute atomic E-state index is 0.158. The third-order valence-corrected chi connectivity index (χ3v) is 6.82. The van der Waals surface area contributed by atoms with E-state index in [2.05, 4.69) is 22.0 Å². The SMILES string of the molecule is COC(=O)c1ccc(NC(=O)CSc2nc(-c3ccccc3)c(-c3ccccc3)n2-c2ccccc2)cc1. The van der Waals surface area contributed by atoms with Crippen molar-refractivity contribution in [3.05, 3.63) is 121 Å². The molecule has 7 heteroatoms. The lowest BCUT2D eigenvalue weighted by atomic mass is 10.0. The molecule has 0 bridgehead atoms. The van der Waals surface area contributed by atoms with Crippen LogP contribution in [0.5, 0.6) is 0 Å². The zero-order chi connectivity index (χ0) is 26.3. The second-order valence-electron chi connectivity index (χ2n) is 8.40. The van der Waals surface area contributed by atoms with Crippen molar-refractivity contribution in [3.63, 3.8) is 0 Å². The summed E-state index contributed by atoms with van der Waals surface area (Å²) in [5, 5.41) is 3.60. The van der Waals surface area contributed by atoms with Crippen molar-refractivity contribution < 1.29 is 14.3 Å². The van der Waals surface area contributed by atoms with Crippen molar-refractivity contribution in [3.8, 4) is 28.2 Å². The van der Waals surface area contributed by atoms with Crippen LogP contribution in [0.25, 0.3) is 28.2 Å². The van der Waals surface area contributed by atoms with Crippen LogP contribution in [-0.2, 0) is 9.53 Å². The number of esters is 1. The maximum absolute atomic E-state index is 12.9. The van der Waals surface area contributed by atoms with Crippen LogP contribution in [0.2, 0.25) is 0 Å². The molecule has 0 aliphatic rings. The smallest absolute Gasteiger partial charge is 0.337 e. The summed E-state index contributed by atoms with van der Waals surface area (Å²) in [4.78, 5) is 29.6. The van der Waals surface area contributed by atoms with Crippen molar-refractivity contribution in [2.45, 2.75) is 5.16 Å². The Morgan fingerprint density at radius 2 is 1.37 bits per heavy atom. The number of imidazole rings is 1. The first kappa shape index (κ1) is 25.0. The molecule has 38 heavy (non-hydrogen) atoms. The van der Waals surface area contributed by atoms with Crippen molar-refractivity contribution in [2.75, 3.05) is 18.2 Å². The molecule has 1 aromatic heterocycles. The molecule has 0 spiro atoms. The monoisotopic (exact) mass is 519 g/mol. The lowest BCUT2D eigenvalue weighted by Gasteiger charge is -2.13. The average Bonchev–Trinajstić information content (AvgIpc) is 3.37. The molecule has 0 aliphatic heterocycles. The van der Waals surface area contributed by atoms with Gasteiger partial charge in [0.2, 0.25) is 5.91 Å². The fourth-order valence-corrected chi connectivity index (χ4v) is 4.92. The Labute approximate surface area is 225 Å². The van der Waals surface area contributed by atoms with Crippen molar-refractivity contribution in [2.24, 2.45) is 0 Å². The largest absolute Gasteiger partial charge is 0.465 e. The van der Waals surface area contributed by atoms with Crippen molar-refractivity contribution in [1.29, 1.82) is 0 Å². The Morgan fingerprint density at radius 1 is 0.789 bits per heavy atom. The number of hydrogen-bond acceptors (Lipinski definition) is 5. The zero-order valence-corrected chi connectivity index (χ0v) is 21.5. The topological polar surface area (TPSA) is 73.2 Å². The van der Waals surface area contributed by atoms with Gasteiger partial charge in [-0.15, -0.1) is 0 Å². The predicted molar refractivity (Wildman–Crippen MR) is 152 cm³/mol. The minimum Gasteiger partial charge on any atom is -0.465 e. The maximum Gasteiger partial charge on any atom is 0.337 e. The number of carbonyl (C=O) groups is 2. The summed E-state index contributed by atoms with van der Waals surface area (Å²) in [6.45, 7) is 0. The standard InChI is InChI=1S/C31H25N3O3S/c1-37-30(36)24-17-19-25(20-18-24)32-27(35)21-38-31-33-28(22-11-5-2-6-12-22)29(23-13-7-3-8-14-23)34(31)26-15-9-4-10-16-26/h2-20H,21H2,1H3,(H,32,35). The average molecular weight is 520 g/mol. The van der Waals surface area contributed by atoms with E-state index in [0.29, 0.717) is 16.4 Å². The van der Waals surface area contributed by atoms with Crippen LogP contribution in [0.15, 0.2) is 120 Å². The first-order chi connectivity index (χ1) is 18.6. The fraction of sp³-hybridized carbons (Fsp3) is 0.0645. The molecule has 6 nitrogen and oxygen atoms in total. The molecule has 0 radical (unpaired) electrons. The van der Waals surface area contributed by atoms with Crippen LogP contribution in [0.4, 0.5) is 5.69 Å². The second kappa shape index (κ2) is 11.6. The summed E-state index contributed by atoms with van der Waals surface area (Å²) in [5.74, 6) is -0.439. The second-order valence-corrected chi connectivity index (χ2v) is 9.34. The van der Waals surface area contributed by atoms with Crippen LogP contribution < -0.4 is 5.32 Å². The Bertz CT molecular complexity index is 1530. The van der Waals surface area contributed by atoms with Gasteiger partial charge in [-0.1, -0.05) is 90.6 Å². The number of aromatic nitrogens is 2. The lowest BCUT2D eigenvalue weighted by Crippen LogP contribution is -2.14. The van der Waals surface area contributed by atoms with Gasteiger partial charge in [0.25, 0.3) is 0 Å². The summed E-state index contributed by atoms with van der Waals surface area (Å²) < 4.78 is 6.84. The van der Waals surface area contributed by atoms with E-state index in [1.165, 1.54) is 18.9 Å². The number of rotatable bonds is 8. The van der Waals surface area contributed by atoms with Crippen molar-refractivity contribution >= 4 is 29.3 Å². The Morgan fingerprint density at radius 3 is 1.97 bits per heavy atom. The molecule has 4 aromatic carbocycles. The molecule has 5 aromatic rings. The number of amides is 1. The van der Waals surface area contributed by atoms with E-state index >= 15 is 0 Å². The highest BCUT2D eigenvalue weighted by Crippen LogP contribution is 2.38. The molecular formula is C31H25N3O3S. The molecule has 1 amide bonds. The van der Waals surface area contributed by atoms with Gasteiger partial charge >= 0.3 is 5.97 Å². The molecule has 188 valence electrons. The number of carbonyl (C=O) groups excluding carboxylic acids is 2. The van der Waals surface area contributed by atoms with Gasteiger partial charge in [-0.25, -0.2) is 9.78 Å². The van der Waals surface area contributed by atoms with E-state index in [4.69, 9.17) is 9.72 Å². The van der Waals surface area contributed by atoms with Crippen LogP contribution in [0.3, 0.4) is 0 Å². The highest BCUT2D eigenvalue weighted by atomic mass is 32.2. The quantitative estimate of drug-likeness (QED) is 0.182. The number of hydrogen-bond donors (Lipinski definition) is 1. The molecule has 0 unspecified atom stereocenters. The number of anilines is 1. The Balaban J connectivity index is 1.48. The van der Waals surface area contributed by atoms with Gasteiger partial charge in [0.1, 0.15) is 0 Å². The van der Waals surface area contributed by atoms with E-state index in [-0.39, 0.29) is 11.7 Å². The Hall–Kier alpha value is -4.62. The molecule has 1 N–H and O–H groups in total. The molecule has 0 fully saturated rings. The third-order valence-electron chi connectivity index (χ3n) is 5.88. The maximum atomic E-state index is 12.9. The predicted octanol–water partition coefficient (Wildman–Crippen LogP) is 6.72. The number of para-hydroxylation sites is 1. The van der Waals surface area contributed by atoms with Gasteiger partial charge in [0, 0.05) is 22.5 Å². The van der Waals surface area contributed by atoms with Gasteiger partial charge < -0.3 is 10.1 Å². The molecule has 0 aliphatic carbocycles. The molecular weight excluding hydrogens is 494 g/mol. The van der Waals surface area contributed by atoms with Gasteiger partial charge in [-0.3, -0.25) is 9.36 Å². The Kier molecular flexibility index (Phi) is 7.66. The summed E-state index contributed by atoms with van der Waals surface area (Å²) in [6.07, 6.45) is 0. The third kappa shape index (κ3) is 5.53. The first-order valence-electron chi connectivity index (χ1n) is 12.0. The molecule has 0 saturated heterocycles. The summed E-state index contributed by atoms with van der Waals surface area (Å²) in [7, 11) is 1.33. The van der Waals surface area contributed by atoms with Crippen molar-refractivity contribution in [1.82, 2.24) is 9.55 Å². The van der Waals surface area contributed by atoms with Gasteiger partial charge in [-0.05, 0) is 36.4 Å². The van der Waals surface area contributed by atoms with Crippen LogP contribution in [0, 0.1) is 0 Å². The number of nitrogens with one attached hydrogen (secondary N) is 1. The molecule has 5 rings (SSSR count). The first-order valence-corrected chi connectivity index (χ1v) is 13.0. The van der Waals surface area contributed by atoms with Crippen LogP contribution in [-0.4, -0.2) is 34.3 Å². The summed E-state index contributed by atoms with van der Waals surface area (Å²) >= 11 is 1.37. The molecule has 0 atom stereocenters. The van der Waals surface area contributed by atoms with E-state index < -0.39 is 5.97 Å². The highest BCUT2D eigenvalue weighted by Gasteiger charge is 2.22. The number of ether oxygens (including phenoxy) is 1. The zero-order valence-electron chi connectivity index (χ0n) is 20.7. The number of thioether (sulfide) groups is 1. The van der Waals surface area contributed by atoms with E-state index in [0.717, 1.165) is 28.2 Å². The molecule has 1 heterocycles.